The number of likely N-dealkylation sites (tertiary alicyclic amines) is 1. The van der Waals surface area contributed by atoms with Gasteiger partial charge >= 0.3 is 0 Å². The lowest BCUT2D eigenvalue weighted by Crippen LogP contribution is -2.39. The quantitative estimate of drug-likeness (QED) is 0.858. The molecule has 1 N–H and O–H groups in total. The number of nitrogens with one attached hydrogen (secondary N) is 1. The third-order valence-corrected chi connectivity index (χ3v) is 5.64. The number of aromatic nitrogens is 2. The third kappa shape index (κ3) is 4.25. The molecular weight excluding hydrogens is 354 g/mol. The van der Waals surface area contributed by atoms with Crippen molar-refractivity contribution in [1.29, 1.82) is 0 Å². The lowest BCUT2D eigenvalue weighted by Gasteiger charge is -2.24. The van der Waals surface area contributed by atoms with Crippen LogP contribution in [0.2, 0.25) is 0 Å². The molecule has 2 aromatic rings. The highest BCUT2D eigenvalue weighted by molar-refractivity contribution is 5.94. The van der Waals surface area contributed by atoms with Gasteiger partial charge in [0.2, 0.25) is 5.91 Å². The van der Waals surface area contributed by atoms with Crippen molar-refractivity contribution in [1.82, 2.24) is 24.9 Å². The van der Waals surface area contributed by atoms with Crippen LogP contribution in [0, 0.1) is 0 Å². The SMILES string of the molecule is O=C1CCN(C(=O)c2cc(-c3ccccc3)n[nH]2)CCN1CCN1CCCC1. The van der Waals surface area contributed by atoms with Crippen molar-refractivity contribution >= 4 is 11.8 Å². The van der Waals surface area contributed by atoms with Crippen LogP contribution in [0.25, 0.3) is 11.3 Å². The molecule has 2 aliphatic heterocycles. The number of nitrogens with zero attached hydrogens (tertiary/aromatic N) is 4. The van der Waals surface area contributed by atoms with Gasteiger partial charge in [0.25, 0.3) is 5.91 Å². The normalized spacial score (nSPS) is 18.5. The number of carbonyl (C=O) groups is 2. The molecule has 2 aliphatic rings. The molecule has 0 atom stereocenters. The van der Waals surface area contributed by atoms with Gasteiger partial charge in [0.15, 0.2) is 0 Å². The Bertz CT molecular complexity index is 813. The Morgan fingerprint density at radius 1 is 1.00 bits per heavy atom. The highest BCUT2D eigenvalue weighted by atomic mass is 16.2. The number of hydrogen-bond donors (Lipinski definition) is 1. The Balaban J connectivity index is 1.36. The van der Waals surface area contributed by atoms with Gasteiger partial charge in [-0.2, -0.15) is 5.10 Å². The molecule has 0 spiro atoms. The topological polar surface area (TPSA) is 72.5 Å². The minimum absolute atomic E-state index is 0.0936. The first-order valence-electron chi connectivity index (χ1n) is 10.1. The van der Waals surface area contributed by atoms with Crippen molar-refractivity contribution in [2.75, 3.05) is 45.8 Å². The smallest absolute Gasteiger partial charge is 0.271 e. The largest absolute Gasteiger partial charge is 0.340 e. The van der Waals surface area contributed by atoms with E-state index in [0.717, 1.165) is 37.4 Å². The molecule has 3 heterocycles. The van der Waals surface area contributed by atoms with Crippen LogP contribution in [0.15, 0.2) is 36.4 Å². The van der Waals surface area contributed by atoms with Crippen LogP contribution < -0.4 is 0 Å². The fraction of sp³-hybridized carbons (Fsp3) is 0.476. The molecule has 4 rings (SSSR count). The maximum atomic E-state index is 12.9. The summed E-state index contributed by atoms with van der Waals surface area (Å²) in [6.45, 7) is 5.57. The second-order valence-electron chi connectivity index (χ2n) is 7.50. The lowest BCUT2D eigenvalue weighted by molar-refractivity contribution is -0.130. The lowest BCUT2D eigenvalue weighted by atomic mass is 10.1. The molecule has 0 unspecified atom stereocenters. The summed E-state index contributed by atoms with van der Waals surface area (Å²) in [5.74, 6) is 0.0490. The number of amides is 2. The van der Waals surface area contributed by atoms with E-state index in [1.807, 2.05) is 35.2 Å². The standard InChI is InChI=1S/C21H27N5O2/c27-20-8-11-26(15-14-25(20)13-12-24-9-4-5-10-24)21(28)19-16-18(22-23-19)17-6-2-1-3-7-17/h1-3,6-7,16H,4-5,8-15H2,(H,22,23). The molecule has 2 saturated heterocycles. The molecule has 28 heavy (non-hydrogen) atoms. The Hall–Kier alpha value is -2.67. The predicted octanol–water partition coefficient (Wildman–Crippen LogP) is 1.85. The summed E-state index contributed by atoms with van der Waals surface area (Å²) >= 11 is 0. The van der Waals surface area contributed by atoms with Crippen LogP contribution in [-0.2, 0) is 4.79 Å². The van der Waals surface area contributed by atoms with Crippen molar-refractivity contribution in [3.8, 4) is 11.3 Å². The van der Waals surface area contributed by atoms with Crippen LogP contribution in [0.3, 0.4) is 0 Å². The maximum absolute atomic E-state index is 12.9. The van der Waals surface area contributed by atoms with Gasteiger partial charge in [-0.25, -0.2) is 0 Å². The molecule has 7 heteroatoms. The van der Waals surface area contributed by atoms with Gasteiger partial charge in [0.1, 0.15) is 5.69 Å². The highest BCUT2D eigenvalue weighted by Crippen LogP contribution is 2.18. The number of benzene rings is 1. The number of rotatable bonds is 5. The summed E-state index contributed by atoms with van der Waals surface area (Å²) in [5.41, 5.74) is 2.19. The van der Waals surface area contributed by atoms with E-state index >= 15 is 0 Å². The van der Waals surface area contributed by atoms with Gasteiger partial charge < -0.3 is 14.7 Å². The van der Waals surface area contributed by atoms with E-state index in [-0.39, 0.29) is 11.8 Å². The predicted molar refractivity (Wildman–Crippen MR) is 107 cm³/mol. The Morgan fingerprint density at radius 2 is 1.79 bits per heavy atom. The van der Waals surface area contributed by atoms with E-state index < -0.39 is 0 Å². The van der Waals surface area contributed by atoms with E-state index in [1.165, 1.54) is 12.8 Å². The number of carbonyl (C=O) groups excluding carboxylic acids is 2. The molecule has 0 radical (unpaired) electrons. The number of H-pyrrole nitrogens is 1. The van der Waals surface area contributed by atoms with Gasteiger partial charge in [-0.1, -0.05) is 30.3 Å². The summed E-state index contributed by atoms with van der Waals surface area (Å²) in [7, 11) is 0. The van der Waals surface area contributed by atoms with Gasteiger partial charge in [0.05, 0.1) is 5.69 Å². The van der Waals surface area contributed by atoms with Crippen molar-refractivity contribution in [3.63, 3.8) is 0 Å². The van der Waals surface area contributed by atoms with E-state index in [0.29, 0.717) is 31.7 Å². The monoisotopic (exact) mass is 381 g/mol. The fourth-order valence-electron chi connectivity index (χ4n) is 3.93. The number of aromatic amines is 1. The van der Waals surface area contributed by atoms with Crippen molar-refractivity contribution in [3.05, 3.63) is 42.1 Å². The summed E-state index contributed by atoms with van der Waals surface area (Å²) in [5, 5.41) is 7.13. The number of hydrogen-bond acceptors (Lipinski definition) is 4. The van der Waals surface area contributed by atoms with Crippen LogP contribution in [0.1, 0.15) is 29.8 Å². The van der Waals surface area contributed by atoms with Crippen molar-refractivity contribution in [2.45, 2.75) is 19.3 Å². The maximum Gasteiger partial charge on any atom is 0.271 e. The van der Waals surface area contributed by atoms with Crippen LogP contribution in [-0.4, -0.2) is 82.5 Å². The molecule has 148 valence electrons. The average Bonchev–Trinajstić information content (AvgIpc) is 3.39. The Kier molecular flexibility index (Phi) is 5.71. The molecule has 0 bridgehead atoms. The molecule has 1 aromatic carbocycles. The Labute approximate surface area is 165 Å². The minimum atomic E-state index is -0.0936. The summed E-state index contributed by atoms with van der Waals surface area (Å²) in [4.78, 5) is 31.4. The fourth-order valence-corrected chi connectivity index (χ4v) is 3.93. The minimum Gasteiger partial charge on any atom is -0.340 e. The third-order valence-electron chi connectivity index (χ3n) is 5.64. The molecule has 7 nitrogen and oxygen atoms in total. The first-order chi connectivity index (χ1) is 13.7. The second-order valence-corrected chi connectivity index (χ2v) is 7.50. The highest BCUT2D eigenvalue weighted by Gasteiger charge is 2.26. The van der Waals surface area contributed by atoms with Crippen molar-refractivity contribution < 1.29 is 9.59 Å². The van der Waals surface area contributed by atoms with Gasteiger partial charge in [-0.05, 0) is 32.0 Å². The molecule has 2 amide bonds. The van der Waals surface area contributed by atoms with Gasteiger partial charge in [-0.15, -0.1) is 0 Å². The summed E-state index contributed by atoms with van der Waals surface area (Å²) < 4.78 is 0. The molecule has 0 aliphatic carbocycles. The first kappa shape index (κ1) is 18.7. The second kappa shape index (κ2) is 8.56. The van der Waals surface area contributed by atoms with E-state index in [1.54, 1.807) is 11.0 Å². The van der Waals surface area contributed by atoms with Gasteiger partial charge in [0, 0.05) is 44.7 Å². The summed E-state index contributed by atoms with van der Waals surface area (Å²) in [6, 6.07) is 11.6. The molecular formula is C21H27N5O2. The zero-order chi connectivity index (χ0) is 19.3. The van der Waals surface area contributed by atoms with E-state index in [2.05, 4.69) is 15.1 Å². The first-order valence-corrected chi connectivity index (χ1v) is 10.1. The van der Waals surface area contributed by atoms with Crippen LogP contribution in [0.4, 0.5) is 0 Å². The zero-order valence-electron chi connectivity index (χ0n) is 16.1. The van der Waals surface area contributed by atoms with E-state index in [9.17, 15) is 9.59 Å². The van der Waals surface area contributed by atoms with Crippen LogP contribution in [0.5, 0.6) is 0 Å². The van der Waals surface area contributed by atoms with Crippen LogP contribution >= 0.6 is 0 Å². The molecule has 0 saturated carbocycles. The van der Waals surface area contributed by atoms with Crippen molar-refractivity contribution in [2.24, 2.45) is 0 Å². The zero-order valence-corrected chi connectivity index (χ0v) is 16.1. The summed E-state index contributed by atoms with van der Waals surface area (Å²) in [6.07, 6.45) is 2.89. The van der Waals surface area contributed by atoms with Gasteiger partial charge in [-0.3, -0.25) is 14.7 Å². The molecule has 1 aromatic heterocycles. The Morgan fingerprint density at radius 3 is 2.57 bits per heavy atom. The van der Waals surface area contributed by atoms with E-state index in [4.69, 9.17) is 0 Å². The average molecular weight is 381 g/mol. The molecule has 2 fully saturated rings.